The van der Waals surface area contributed by atoms with E-state index in [1.165, 1.54) is 10.9 Å². The van der Waals surface area contributed by atoms with Crippen LogP contribution in [0.4, 0.5) is 23.0 Å². The van der Waals surface area contributed by atoms with Gasteiger partial charge in [0.25, 0.3) is 17.4 Å². The van der Waals surface area contributed by atoms with Crippen LogP contribution in [0.2, 0.25) is 0 Å². The lowest BCUT2D eigenvalue weighted by atomic mass is 10.0. The quantitative estimate of drug-likeness (QED) is 0.0660. The molecule has 59 heavy (non-hydrogen) atoms. The number of carbonyl (C=O) groups is 4. The minimum atomic E-state index is -1.18. The van der Waals surface area contributed by atoms with Crippen molar-refractivity contribution in [3.63, 3.8) is 0 Å². The summed E-state index contributed by atoms with van der Waals surface area (Å²) in [6, 6.07) is 17.6. The molecule has 6 heterocycles. The summed E-state index contributed by atoms with van der Waals surface area (Å²) in [6.45, 7) is 10.3. The fraction of sp³-hybridized carbons (Fsp3) is 0.333. The third kappa shape index (κ3) is 7.81. The van der Waals surface area contributed by atoms with Gasteiger partial charge < -0.3 is 26.0 Å². The summed E-state index contributed by atoms with van der Waals surface area (Å²) in [5.74, 6) is -1.31. The van der Waals surface area contributed by atoms with Crippen LogP contribution in [0.3, 0.4) is 0 Å². The number of rotatable bonds is 13. The Kier molecular flexibility index (Phi) is 10.5. The Morgan fingerprint density at radius 1 is 0.915 bits per heavy atom. The van der Waals surface area contributed by atoms with Crippen molar-refractivity contribution < 1.29 is 24.3 Å². The van der Waals surface area contributed by atoms with Crippen molar-refractivity contribution in [1.82, 2.24) is 39.8 Å². The van der Waals surface area contributed by atoms with Crippen LogP contribution >= 0.6 is 0 Å². The largest absolute Gasteiger partial charge is 0.384 e. The topological polar surface area (TPSA) is 209 Å². The molecule has 3 aliphatic heterocycles. The minimum absolute atomic E-state index is 0.0806. The fourth-order valence-corrected chi connectivity index (χ4v) is 7.77. The van der Waals surface area contributed by atoms with Crippen LogP contribution in [-0.2, 0) is 21.7 Å². The number of nitrogens with one attached hydrogen (secondary N) is 4. The summed E-state index contributed by atoms with van der Waals surface area (Å²) in [5.41, 5.74) is 2.46. The molecule has 1 atom stereocenters. The summed E-state index contributed by atoms with van der Waals surface area (Å²) in [7, 11) is 0. The highest BCUT2D eigenvalue weighted by Gasteiger charge is 2.45. The number of anilines is 4. The number of aliphatic hydroxyl groups is 1. The van der Waals surface area contributed by atoms with Crippen molar-refractivity contribution in [2.45, 2.75) is 63.8 Å². The first-order valence-corrected chi connectivity index (χ1v) is 19.6. The number of hydrogen-bond donors (Lipinski definition) is 5. The molecule has 5 aromatic rings. The van der Waals surface area contributed by atoms with E-state index in [0.717, 1.165) is 54.4 Å². The fourth-order valence-electron chi connectivity index (χ4n) is 7.77. The van der Waals surface area contributed by atoms with Gasteiger partial charge in [-0.05, 0) is 87.7 Å². The molecule has 2 fully saturated rings. The molecular weight excluding hydrogens is 755 g/mol. The van der Waals surface area contributed by atoms with Crippen molar-refractivity contribution in [3.8, 4) is 5.82 Å². The van der Waals surface area contributed by atoms with Crippen molar-refractivity contribution in [1.29, 1.82) is 0 Å². The molecule has 0 bridgehead atoms. The van der Waals surface area contributed by atoms with E-state index in [-0.39, 0.29) is 36.1 Å². The molecule has 2 aromatic carbocycles. The highest BCUT2D eigenvalue weighted by molar-refractivity contribution is 6.23. The Labute approximate surface area is 339 Å². The first kappa shape index (κ1) is 39.1. The highest BCUT2D eigenvalue weighted by atomic mass is 16.3. The second-order valence-corrected chi connectivity index (χ2v) is 15.4. The maximum absolute atomic E-state index is 13.3. The van der Waals surface area contributed by atoms with E-state index in [1.54, 1.807) is 54.9 Å². The number of pyridine rings is 1. The van der Waals surface area contributed by atoms with Gasteiger partial charge in [0.2, 0.25) is 17.8 Å². The SMILES string of the molecule is C=CCn1c(=O)c2cnc(Nc3ccc(NCCNC4CCN(c5ccc6c(c5)C(=O)N(C5CCC(=O)NC5=O)C6=O)CC4)cc3)nc2n1-c1cccc(C(C)(C)O)n1. The van der Waals surface area contributed by atoms with Gasteiger partial charge in [-0.25, -0.2) is 19.3 Å². The molecule has 4 amide bonds. The number of hydrogen-bond acceptors (Lipinski definition) is 13. The Morgan fingerprint density at radius 2 is 1.66 bits per heavy atom. The number of amides is 4. The number of benzene rings is 2. The Hall–Kier alpha value is -6.72. The third-order valence-corrected chi connectivity index (χ3v) is 10.9. The van der Waals surface area contributed by atoms with E-state index in [2.05, 4.69) is 42.7 Å². The molecule has 5 N–H and O–H groups in total. The second-order valence-electron chi connectivity index (χ2n) is 15.4. The van der Waals surface area contributed by atoms with E-state index in [1.807, 2.05) is 30.3 Å². The Balaban J connectivity index is 0.831. The summed E-state index contributed by atoms with van der Waals surface area (Å²) in [4.78, 5) is 80.7. The number of carbonyl (C=O) groups excluding carboxylic acids is 4. The molecule has 0 aliphatic carbocycles. The zero-order valence-electron chi connectivity index (χ0n) is 32.8. The maximum Gasteiger partial charge on any atom is 0.278 e. The minimum Gasteiger partial charge on any atom is -0.384 e. The standard InChI is InChI=1S/C42H45N11O6/c1-4-20-51-38(56)31-24-45-41(49-36(31)53(51)34-7-5-6-33(47-34)42(2,3)59)46-27-10-8-25(9-11-27)43-18-19-44-26-16-21-50(22-17-26)28-12-13-29-30(23-28)40(58)52(39(29)57)32-14-15-35(54)48-37(32)55/h4-13,23-24,26,32,43-44,59H,1,14-22H2,2-3H3,(H,45,46,49)(H,48,54,55). The van der Waals surface area contributed by atoms with E-state index < -0.39 is 35.3 Å². The molecule has 8 rings (SSSR count). The van der Waals surface area contributed by atoms with Crippen LogP contribution in [-0.4, -0.2) is 96.2 Å². The average molecular weight is 800 g/mol. The van der Waals surface area contributed by atoms with Gasteiger partial charge >= 0.3 is 0 Å². The molecule has 2 saturated heterocycles. The molecular formula is C42H45N11O6. The van der Waals surface area contributed by atoms with Crippen molar-refractivity contribution >= 4 is 57.7 Å². The summed E-state index contributed by atoms with van der Waals surface area (Å²) < 4.78 is 3.10. The predicted molar refractivity (Wildman–Crippen MR) is 221 cm³/mol. The van der Waals surface area contributed by atoms with Gasteiger partial charge in [-0.1, -0.05) is 12.1 Å². The van der Waals surface area contributed by atoms with Crippen molar-refractivity contribution in [2.75, 3.05) is 41.7 Å². The van der Waals surface area contributed by atoms with Crippen LogP contribution in [0.1, 0.15) is 65.9 Å². The van der Waals surface area contributed by atoms with Crippen molar-refractivity contribution in [3.05, 3.63) is 107 Å². The van der Waals surface area contributed by atoms with Gasteiger partial charge in [-0.3, -0.25) is 34.2 Å². The number of fused-ring (bicyclic) bond motifs is 2. The summed E-state index contributed by atoms with van der Waals surface area (Å²) >= 11 is 0. The van der Waals surface area contributed by atoms with Gasteiger partial charge in [0.15, 0.2) is 11.5 Å². The molecule has 1 unspecified atom stereocenters. The zero-order chi connectivity index (χ0) is 41.4. The van der Waals surface area contributed by atoms with Gasteiger partial charge in [-0.15, -0.1) is 6.58 Å². The van der Waals surface area contributed by atoms with Crippen LogP contribution in [0.25, 0.3) is 16.9 Å². The molecule has 3 aromatic heterocycles. The lowest BCUT2D eigenvalue weighted by Gasteiger charge is -2.34. The lowest BCUT2D eigenvalue weighted by Crippen LogP contribution is -2.54. The number of aromatic nitrogens is 5. The van der Waals surface area contributed by atoms with Crippen LogP contribution < -0.4 is 31.7 Å². The van der Waals surface area contributed by atoms with E-state index >= 15 is 0 Å². The first-order valence-electron chi connectivity index (χ1n) is 19.6. The molecule has 3 aliphatic rings. The average Bonchev–Trinajstić information content (AvgIpc) is 3.64. The lowest BCUT2D eigenvalue weighted by molar-refractivity contribution is -0.136. The number of nitrogens with zero attached hydrogens (tertiary/aromatic N) is 7. The number of imide groups is 2. The van der Waals surface area contributed by atoms with Crippen LogP contribution in [0.15, 0.2) is 84.3 Å². The number of allylic oxidation sites excluding steroid dienone is 1. The first-order chi connectivity index (χ1) is 28.4. The molecule has 0 saturated carbocycles. The van der Waals surface area contributed by atoms with E-state index in [4.69, 9.17) is 4.98 Å². The molecule has 304 valence electrons. The number of piperidine rings is 2. The smallest absolute Gasteiger partial charge is 0.278 e. The van der Waals surface area contributed by atoms with Crippen LogP contribution in [0, 0.1) is 0 Å². The van der Waals surface area contributed by atoms with Crippen LogP contribution in [0.5, 0.6) is 0 Å². The molecule has 17 nitrogen and oxygen atoms in total. The van der Waals surface area contributed by atoms with E-state index in [0.29, 0.717) is 41.1 Å². The molecule has 17 heteroatoms. The maximum atomic E-state index is 13.3. The zero-order valence-corrected chi connectivity index (χ0v) is 32.8. The van der Waals surface area contributed by atoms with Gasteiger partial charge in [0.1, 0.15) is 17.0 Å². The third-order valence-electron chi connectivity index (χ3n) is 10.9. The summed E-state index contributed by atoms with van der Waals surface area (Å²) in [6.07, 6.45) is 5.12. The second kappa shape index (κ2) is 15.9. The molecule has 0 spiro atoms. The predicted octanol–water partition coefficient (Wildman–Crippen LogP) is 3.21. The highest BCUT2D eigenvalue weighted by Crippen LogP contribution is 2.32. The van der Waals surface area contributed by atoms with Gasteiger partial charge in [0, 0.05) is 61.9 Å². The molecule has 0 radical (unpaired) electrons. The van der Waals surface area contributed by atoms with Gasteiger partial charge in [-0.2, -0.15) is 4.98 Å². The monoisotopic (exact) mass is 799 g/mol. The Bertz CT molecular complexity index is 2530. The van der Waals surface area contributed by atoms with Gasteiger partial charge in [0.05, 0.1) is 23.4 Å². The Morgan fingerprint density at radius 3 is 2.39 bits per heavy atom. The van der Waals surface area contributed by atoms with E-state index in [9.17, 15) is 29.1 Å². The normalized spacial score (nSPS) is 17.4. The van der Waals surface area contributed by atoms with Crippen molar-refractivity contribution in [2.24, 2.45) is 0 Å². The summed E-state index contributed by atoms with van der Waals surface area (Å²) in [5, 5.41) is 23.4.